The van der Waals surface area contributed by atoms with Crippen LogP contribution in [-0.4, -0.2) is 0 Å². The van der Waals surface area contributed by atoms with E-state index in [1.54, 1.807) is 0 Å². The van der Waals surface area contributed by atoms with Crippen molar-refractivity contribution in [1.29, 1.82) is 0 Å². The minimum atomic E-state index is 0.585. The Kier molecular flexibility index (Phi) is 4.15. The third-order valence-corrected chi connectivity index (χ3v) is 5.73. The van der Waals surface area contributed by atoms with Crippen LogP contribution in [0.3, 0.4) is 0 Å². The zero-order chi connectivity index (χ0) is 20.8. The smallest absolute Gasteiger partial charge is 0.216 e. The molecule has 0 aliphatic rings. The number of fused-ring (bicyclic) bond motifs is 3. The Bertz CT molecular complexity index is 1470. The van der Waals surface area contributed by atoms with Crippen LogP contribution in [0.15, 0.2) is 77.3 Å². The number of aryl methyl sites for hydroxylation is 3. The van der Waals surface area contributed by atoms with Crippen molar-refractivity contribution in [3.63, 3.8) is 0 Å². The van der Waals surface area contributed by atoms with E-state index in [1.807, 2.05) is 43.6 Å². The Hall–Kier alpha value is -3.90. The fourth-order valence-electron chi connectivity index (χ4n) is 4.20. The van der Waals surface area contributed by atoms with Gasteiger partial charge in [-0.25, -0.2) is 9.41 Å². The van der Waals surface area contributed by atoms with Crippen molar-refractivity contribution in [2.45, 2.75) is 13.8 Å². The molecule has 0 amide bonds. The summed E-state index contributed by atoms with van der Waals surface area (Å²) in [6.07, 6.45) is 2.05. The molecule has 30 heavy (non-hydrogen) atoms. The average molecular weight is 389 g/mol. The summed E-state index contributed by atoms with van der Waals surface area (Å²) in [7, 11) is 2.05. The van der Waals surface area contributed by atoms with E-state index in [0.29, 0.717) is 5.69 Å². The minimum absolute atomic E-state index is 0.585. The van der Waals surface area contributed by atoms with Crippen LogP contribution < -0.4 is 4.57 Å². The number of nitrogens with zero attached hydrogens (tertiary/aromatic N) is 2. The highest BCUT2D eigenvalue weighted by molar-refractivity contribution is 6.17. The highest BCUT2D eigenvalue weighted by Crippen LogP contribution is 2.43. The van der Waals surface area contributed by atoms with Crippen LogP contribution in [-0.2, 0) is 7.05 Å². The van der Waals surface area contributed by atoms with Crippen LogP contribution >= 0.6 is 0 Å². The molecule has 0 radical (unpaired) electrons. The first-order chi connectivity index (χ1) is 14.6. The van der Waals surface area contributed by atoms with Crippen molar-refractivity contribution < 1.29 is 8.98 Å². The number of hydrogen-bond acceptors (Lipinski definition) is 1. The van der Waals surface area contributed by atoms with E-state index in [9.17, 15) is 0 Å². The maximum atomic E-state index is 7.37. The number of hydrogen-bond donors (Lipinski definition) is 0. The van der Waals surface area contributed by atoms with Crippen molar-refractivity contribution in [3.8, 4) is 22.4 Å². The molecule has 2 heterocycles. The van der Waals surface area contributed by atoms with Crippen LogP contribution in [0.2, 0.25) is 0 Å². The van der Waals surface area contributed by atoms with E-state index in [-0.39, 0.29) is 0 Å². The SMILES string of the molecule is [C-]#[N+]c1ccc2c(c1)oc1c(-c3cccc[n+]3C)c(C)cc(-c3ccc(C)cc3)c12. The van der Waals surface area contributed by atoms with Gasteiger partial charge in [-0.3, -0.25) is 0 Å². The third kappa shape index (κ3) is 2.77. The van der Waals surface area contributed by atoms with Gasteiger partial charge in [0.15, 0.2) is 11.9 Å². The van der Waals surface area contributed by atoms with Gasteiger partial charge in [0.1, 0.15) is 18.2 Å². The minimum Gasteiger partial charge on any atom is -0.456 e. The molecule has 0 fully saturated rings. The summed E-state index contributed by atoms with van der Waals surface area (Å²) >= 11 is 0. The molecule has 0 unspecified atom stereocenters. The van der Waals surface area contributed by atoms with Crippen molar-refractivity contribution in [1.82, 2.24) is 0 Å². The van der Waals surface area contributed by atoms with Gasteiger partial charge in [-0.1, -0.05) is 42.0 Å². The summed E-state index contributed by atoms with van der Waals surface area (Å²) in [4.78, 5) is 3.58. The Morgan fingerprint density at radius 2 is 1.73 bits per heavy atom. The maximum absolute atomic E-state index is 7.37. The molecule has 3 heteroatoms. The van der Waals surface area contributed by atoms with E-state index in [4.69, 9.17) is 11.0 Å². The predicted octanol–water partition coefficient (Wildman–Crippen LogP) is 6.91. The molecular formula is C27H21N2O+. The molecule has 0 bridgehead atoms. The highest BCUT2D eigenvalue weighted by Gasteiger charge is 2.23. The van der Waals surface area contributed by atoms with Crippen LogP contribution in [0, 0.1) is 20.4 Å². The van der Waals surface area contributed by atoms with E-state index >= 15 is 0 Å². The molecule has 0 aliphatic heterocycles. The lowest BCUT2D eigenvalue weighted by Crippen LogP contribution is -2.30. The van der Waals surface area contributed by atoms with Gasteiger partial charge >= 0.3 is 0 Å². The molecule has 5 rings (SSSR count). The molecule has 0 saturated heterocycles. The standard InChI is InChI=1S/C27H21N2O/c1-17-8-10-19(11-9-17)22-15-18(2)25(23-7-5-6-14-29(23)4)27-26(22)21-13-12-20(28-3)16-24(21)30-27/h5-16H,1-2,4H3/q+1. The molecule has 0 spiro atoms. The molecule has 0 aliphatic carbocycles. The number of pyridine rings is 1. The maximum Gasteiger partial charge on any atom is 0.216 e. The summed E-state index contributed by atoms with van der Waals surface area (Å²) in [6.45, 7) is 11.6. The Morgan fingerprint density at radius 1 is 0.933 bits per heavy atom. The lowest BCUT2D eigenvalue weighted by atomic mass is 9.92. The first kappa shape index (κ1) is 18.1. The molecule has 0 saturated carbocycles. The number of rotatable bonds is 2. The van der Waals surface area contributed by atoms with Crippen LogP contribution in [0.5, 0.6) is 0 Å². The lowest BCUT2D eigenvalue weighted by Gasteiger charge is -2.11. The topological polar surface area (TPSA) is 21.4 Å². The van der Waals surface area contributed by atoms with Gasteiger partial charge in [0.25, 0.3) is 0 Å². The third-order valence-electron chi connectivity index (χ3n) is 5.73. The first-order valence-corrected chi connectivity index (χ1v) is 9.96. The van der Waals surface area contributed by atoms with Crippen molar-refractivity contribution in [3.05, 3.63) is 95.5 Å². The average Bonchev–Trinajstić information content (AvgIpc) is 3.13. The quantitative estimate of drug-likeness (QED) is 0.237. The van der Waals surface area contributed by atoms with Crippen molar-refractivity contribution in [2.75, 3.05) is 0 Å². The molecule has 3 nitrogen and oxygen atoms in total. The summed E-state index contributed by atoms with van der Waals surface area (Å²) in [6, 6.07) is 22.8. The second-order valence-corrected chi connectivity index (χ2v) is 7.78. The predicted molar refractivity (Wildman–Crippen MR) is 122 cm³/mol. The second kappa shape index (κ2) is 6.86. The van der Waals surface area contributed by atoms with Gasteiger partial charge in [0, 0.05) is 22.9 Å². The molecule has 144 valence electrons. The first-order valence-electron chi connectivity index (χ1n) is 9.96. The summed E-state index contributed by atoms with van der Waals surface area (Å²) in [5.41, 5.74) is 9.09. The van der Waals surface area contributed by atoms with E-state index in [0.717, 1.165) is 49.9 Å². The van der Waals surface area contributed by atoms with Crippen LogP contribution in [0.1, 0.15) is 11.1 Å². The number of furan rings is 1. The van der Waals surface area contributed by atoms with Gasteiger partial charge in [-0.15, -0.1) is 0 Å². The summed E-state index contributed by atoms with van der Waals surface area (Å²) < 4.78 is 8.56. The molecule has 0 atom stereocenters. The Balaban J connectivity index is 1.95. The summed E-state index contributed by atoms with van der Waals surface area (Å²) in [5.74, 6) is 0. The van der Waals surface area contributed by atoms with Gasteiger partial charge in [-0.05, 0) is 48.7 Å². The lowest BCUT2D eigenvalue weighted by molar-refractivity contribution is -0.660. The Labute approximate surface area is 175 Å². The number of aromatic nitrogens is 1. The highest BCUT2D eigenvalue weighted by atomic mass is 16.3. The van der Waals surface area contributed by atoms with Gasteiger partial charge < -0.3 is 4.42 Å². The van der Waals surface area contributed by atoms with Crippen molar-refractivity contribution >= 4 is 27.6 Å². The van der Waals surface area contributed by atoms with E-state index in [1.165, 1.54) is 5.56 Å². The molecule has 5 aromatic rings. The summed E-state index contributed by atoms with van der Waals surface area (Å²) in [5, 5.41) is 2.13. The van der Waals surface area contributed by atoms with Crippen LogP contribution in [0.4, 0.5) is 5.69 Å². The molecule has 3 aromatic carbocycles. The molecular weight excluding hydrogens is 368 g/mol. The van der Waals surface area contributed by atoms with Gasteiger partial charge in [-0.2, -0.15) is 0 Å². The van der Waals surface area contributed by atoms with Crippen LogP contribution in [0.25, 0.3) is 49.2 Å². The number of benzene rings is 3. The van der Waals surface area contributed by atoms with E-state index < -0.39 is 0 Å². The fourth-order valence-corrected chi connectivity index (χ4v) is 4.20. The fraction of sp³-hybridized carbons (Fsp3) is 0.111. The largest absolute Gasteiger partial charge is 0.456 e. The van der Waals surface area contributed by atoms with E-state index in [2.05, 4.69) is 59.7 Å². The van der Waals surface area contributed by atoms with Gasteiger partial charge in [0.2, 0.25) is 5.69 Å². The van der Waals surface area contributed by atoms with Gasteiger partial charge in [0.05, 0.1) is 12.1 Å². The Morgan fingerprint density at radius 3 is 2.47 bits per heavy atom. The molecule has 0 N–H and O–H groups in total. The zero-order valence-electron chi connectivity index (χ0n) is 17.2. The zero-order valence-corrected chi connectivity index (χ0v) is 17.2. The van der Waals surface area contributed by atoms with Crippen molar-refractivity contribution in [2.24, 2.45) is 7.05 Å². The normalized spacial score (nSPS) is 11.1. The molecule has 2 aromatic heterocycles. The monoisotopic (exact) mass is 389 g/mol. The second-order valence-electron chi connectivity index (χ2n) is 7.78.